The molecule has 19 heavy (non-hydrogen) atoms. The van der Waals surface area contributed by atoms with Crippen LogP contribution in [0.4, 0.5) is 4.79 Å². The van der Waals surface area contributed by atoms with Gasteiger partial charge in [-0.2, -0.15) is 5.26 Å². The van der Waals surface area contributed by atoms with Crippen LogP contribution in [0.3, 0.4) is 0 Å². The SMILES string of the molecule is C[C@@H](CC#N)OC1CCN(C(=O)OC(C)(C)C)CC1. The zero-order valence-electron chi connectivity index (χ0n) is 12.3. The predicted molar refractivity (Wildman–Crippen MR) is 71.6 cm³/mol. The quantitative estimate of drug-likeness (QED) is 0.789. The molecule has 0 aromatic heterocycles. The maximum Gasteiger partial charge on any atom is 0.410 e. The molecule has 5 nitrogen and oxygen atoms in total. The lowest BCUT2D eigenvalue weighted by molar-refractivity contribution is -0.0379. The van der Waals surface area contributed by atoms with Crippen molar-refractivity contribution in [2.24, 2.45) is 0 Å². The molecule has 1 saturated heterocycles. The standard InChI is InChI=1S/C14H24N2O3/c1-11(5-8-15)18-12-6-9-16(10-7-12)13(17)19-14(2,3)4/h11-12H,5-7,9-10H2,1-4H3/t11-/m0/s1. The van der Waals surface area contributed by atoms with Crippen LogP contribution in [0.5, 0.6) is 0 Å². The van der Waals surface area contributed by atoms with E-state index in [1.165, 1.54) is 0 Å². The minimum atomic E-state index is -0.453. The summed E-state index contributed by atoms with van der Waals surface area (Å²) in [5.41, 5.74) is -0.453. The fourth-order valence-electron chi connectivity index (χ4n) is 2.01. The Hall–Kier alpha value is -1.28. The fourth-order valence-corrected chi connectivity index (χ4v) is 2.01. The zero-order valence-corrected chi connectivity index (χ0v) is 12.3. The highest BCUT2D eigenvalue weighted by Crippen LogP contribution is 2.18. The lowest BCUT2D eigenvalue weighted by Crippen LogP contribution is -2.44. The number of hydrogen-bond acceptors (Lipinski definition) is 4. The van der Waals surface area contributed by atoms with Gasteiger partial charge in [0.15, 0.2) is 0 Å². The number of nitriles is 1. The average molecular weight is 268 g/mol. The molecular weight excluding hydrogens is 244 g/mol. The molecule has 0 spiro atoms. The predicted octanol–water partition coefficient (Wildman–Crippen LogP) is 2.70. The molecule has 0 radical (unpaired) electrons. The Morgan fingerprint density at radius 1 is 1.42 bits per heavy atom. The highest BCUT2D eigenvalue weighted by molar-refractivity contribution is 5.68. The van der Waals surface area contributed by atoms with E-state index < -0.39 is 5.60 Å². The summed E-state index contributed by atoms with van der Waals surface area (Å²) in [7, 11) is 0. The second kappa shape index (κ2) is 6.76. The molecule has 0 N–H and O–H groups in total. The van der Waals surface area contributed by atoms with Gasteiger partial charge in [0.05, 0.1) is 24.7 Å². The van der Waals surface area contributed by atoms with Gasteiger partial charge in [-0.05, 0) is 40.5 Å². The number of nitrogens with zero attached hydrogens (tertiary/aromatic N) is 2. The van der Waals surface area contributed by atoms with Crippen LogP contribution in [-0.4, -0.2) is 41.9 Å². The number of ether oxygens (including phenoxy) is 2. The van der Waals surface area contributed by atoms with Crippen molar-refractivity contribution in [3.63, 3.8) is 0 Å². The Balaban J connectivity index is 2.33. The van der Waals surface area contributed by atoms with Crippen molar-refractivity contribution in [2.45, 2.75) is 64.8 Å². The minimum absolute atomic E-state index is 0.0388. The van der Waals surface area contributed by atoms with Crippen molar-refractivity contribution in [3.8, 4) is 6.07 Å². The van der Waals surface area contributed by atoms with Crippen molar-refractivity contribution < 1.29 is 14.3 Å². The van der Waals surface area contributed by atoms with Gasteiger partial charge in [0.25, 0.3) is 0 Å². The third-order valence-corrected chi connectivity index (χ3v) is 2.90. The molecule has 0 aromatic carbocycles. The highest BCUT2D eigenvalue weighted by Gasteiger charge is 2.27. The summed E-state index contributed by atoms with van der Waals surface area (Å²) in [6.45, 7) is 8.81. The smallest absolute Gasteiger partial charge is 0.410 e. The molecule has 0 unspecified atom stereocenters. The minimum Gasteiger partial charge on any atom is -0.444 e. The lowest BCUT2D eigenvalue weighted by atomic mass is 10.1. The van der Waals surface area contributed by atoms with Crippen molar-refractivity contribution in [1.29, 1.82) is 5.26 Å². The van der Waals surface area contributed by atoms with Crippen LogP contribution in [0.15, 0.2) is 0 Å². The maximum absolute atomic E-state index is 11.9. The number of hydrogen-bond donors (Lipinski definition) is 0. The first-order valence-corrected chi connectivity index (χ1v) is 6.82. The van der Waals surface area contributed by atoms with Gasteiger partial charge in [0.2, 0.25) is 0 Å². The molecule has 0 bridgehead atoms. The van der Waals surface area contributed by atoms with E-state index in [0.717, 1.165) is 12.8 Å². The van der Waals surface area contributed by atoms with Crippen LogP contribution in [-0.2, 0) is 9.47 Å². The number of likely N-dealkylation sites (tertiary alicyclic amines) is 1. The second-order valence-corrected chi connectivity index (χ2v) is 5.98. The van der Waals surface area contributed by atoms with Crippen molar-refractivity contribution in [3.05, 3.63) is 0 Å². The Bertz CT molecular complexity index is 336. The lowest BCUT2D eigenvalue weighted by Gasteiger charge is -2.34. The van der Waals surface area contributed by atoms with Gasteiger partial charge in [0, 0.05) is 13.1 Å². The van der Waals surface area contributed by atoms with E-state index in [2.05, 4.69) is 6.07 Å². The first kappa shape index (κ1) is 15.8. The Labute approximate surface area is 115 Å². The molecule has 1 rings (SSSR count). The van der Waals surface area contributed by atoms with E-state index in [1.807, 2.05) is 27.7 Å². The molecule has 1 aliphatic heterocycles. The number of amides is 1. The van der Waals surface area contributed by atoms with Crippen LogP contribution in [0, 0.1) is 11.3 Å². The van der Waals surface area contributed by atoms with Gasteiger partial charge < -0.3 is 14.4 Å². The van der Waals surface area contributed by atoms with Gasteiger partial charge in [-0.25, -0.2) is 4.79 Å². The monoisotopic (exact) mass is 268 g/mol. The Morgan fingerprint density at radius 3 is 2.47 bits per heavy atom. The fraction of sp³-hybridized carbons (Fsp3) is 0.857. The molecule has 5 heteroatoms. The van der Waals surface area contributed by atoms with E-state index in [0.29, 0.717) is 19.5 Å². The molecular formula is C14H24N2O3. The van der Waals surface area contributed by atoms with Crippen LogP contribution < -0.4 is 0 Å². The maximum atomic E-state index is 11.9. The zero-order chi connectivity index (χ0) is 14.5. The van der Waals surface area contributed by atoms with E-state index in [1.54, 1.807) is 4.90 Å². The molecule has 1 fully saturated rings. The van der Waals surface area contributed by atoms with Gasteiger partial charge in [-0.15, -0.1) is 0 Å². The second-order valence-electron chi connectivity index (χ2n) is 5.98. The molecule has 108 valence electrons. The Morgan fingerprint density at radius 2 is 2.00 bits per heavy atom. The molecule has 0 aliphatic carbocycles. The first-order valence-electron chi connectivity index (χ1n) is 6.82. The summed E-state index contributed by atoms with van der Waals surface area (Å²) in [6.07, 6.45) is 1.86. The van der Waals surface area contributed by atoms with Crippen LogP contribution >= 0.6 is 0 Å². The van der Waals surface area contributed by atoms with E-state index in [4.69, 9.17) is 14.7 Å². The summed E-state index contributed by atoms with van der Waals surface area (Å²) in [5.74, 6) is 0. The Kier molecular flexibility index (Phi) is 5.61. The molecule has 1 atom stereocenters. The largest absolute Gasteiger partial charge is 0.444 e. The van der Waals surface area contributed by atoms with E-state index in [-0.39, 0.29) is 18.3 Å². The van der Waals surface area contributed by atoms with Gasteiger partial charge in [0.1, 0.15) is 5.60 Å². The van der Waals surface area contributed by atoms with Crippen molar-refractivity contribution in [1.82, 2.24) is 4.90 Å². The van der Waals surface area contributed by atoms with Crippen LogP contribution in [0.1, 0.15) is 47.0 Å². The highest BCUT2D eigenvalue weighted by atomic mass is 16.6. The normalized spacial score (nSPS) is 18.8. The van der Waals surface area contributed by atoms with Crippen molar-refractivity contribution >= 4 is 6.09 Å². The van der Waals surface area contributed by atoms with Gasteiger partial charge in [-0.3, -0.25) is 0 Å². The third kappa shape index (κ3) is 5.93. The molecule has 0 saturated carbocycles. The van der Waals surface area contributed by atoms with E-state index >= 15 is 0 Å². The van der Waals surface area contributed by atoms with Crippen LogP contribution in [0.25, 0.3) is 0 Å². The van der Waals surface area contributed by atoms with E-state index in [9.17, 15) is 4.79 Å². The number of carbonyl (C=O) groups excluding carboxylic acids is 1. The van der Waals surface area contributed by atoms with Gasteiger partial charge in [-0.1, -0.05) is 0 Å². The molecule has 1 amide bonds. The molecule has 1 heterocycles. The summed E-state index contributed by atoms with van der Waals surface area (Å²) in [5, 5.41) is 8.59. The summed E-state index contributed by atoms with van der Waals surface area (Å²) in [4.78, 5) is 13.6. The van der Waals surface area contributed by atoms with Crippen LogP contribution in [0.2, 0.25) is 0 Å². The first-order chi connectivity index (χ1) is 8.81. The molecule has 0 aromatic rings. The number of rotatable bonds is 3. The topological polar surface area (TPSA) is 62.6 Å². The summed E-state index contributed by atoms with van der Waals surface area (Å²) >= 11 is 0. The third-order valence-electron chi connectivity index (χ3n) is 2.90. The summed E-state index contributed by atoms with van der Waals surface area (Å²) < 4.78 is 11.1. The molecule has 1 aliphatic rings. The average Bonchev–Trinajstić information content (AvgIpc) is 2.27. The van der Waals surface area contributed by atoms with Crippen molar-refractivity contribution in [2.75, 3.05) is 13.1 Å². The number of piperidine rings is 1. The summed E-state index contributed by atoms with van der Waals surface area (Å²) in [6, 6.07) is 2.10. The van der Waals surface area contributed by atoms with Gasteiger partial charge >= 0.3 is 6.09 Å². The number of carbonyl (C=O) groups is 1.